The molecule has 0 saturated carbocycles. The lowest BCUT2D eigenvalue weighted by Gasteiger charge is -2.15. The molecule has 3 heteroatoms. The molecule has 0 amide bonds. The van der Waals surface area contributed by atoms with Crippen LogP contribution in [0.25, 0.3) is 88.6 Å². The summed E-state index contributed by atoms with van der Waals surface area (Å²) in [5.74, 6) is 0. The average Bonchev–Trinajstić information content (AvgIpc) is 3.70. The van der Waals surface area contributed by atoms with E-state index < -0.39 is 0 Å². The Morgan fingerprint density at radius 3 is 1.60 bits per heavy atom. The minimum atomic E-state index is 0.476. The summed E-state index contributed by atoms with van der Waals surface area (Å²) in [6, 6.07) is 83.3. The van der Waals surface area contributed by atoms with Gasteiger partial charge in [0, 0.05) is 27.6 Å². The number of nitrogens with one attached hydrogen (secondary N) is 1. The Balaban J connectivity index is 0.982. The molecule has 0 radical (unpaired) electrons. The van der Waals surface area contributed by atoms with E-state index in [0.29, 0.717) is 5.71 Å². The van der Waals surface area contributed by atoms with Gasteiger partial charge in [0.1, 0.15) is 0 Å². The van der Waals surface area contributed by atoms with Crippen molar-refractivity contribution in [2.45, 2.75) is 0 Å². The summed E-state index contributed by atoms with van der Waals surface area (Å²) in [6.45, 7) is 0. The Labute approximate surface area is 367 Å². The first kappa shape index (κ1) is 37.6. The molecule has 0 saturated heterocycles. The minimum Gasteiger partial charge on any atom is -0.309 e. The molecule has 1 N–H and O–H groups in total. The standard InChI is InChI=1S/C60H41N3/c61-56(45-18-6-2-7-19-45)40-55(43-16-4-1-5-17-43)51-27-15-22-44-34-35-47(37-54(44)51)41-30-32-42(33-31-41)49-38-57(46-20-8-3-9-21-46)62-58(39-49)48-23-14-24-50(36-48)63-59-28-12-10-25-52(59)53-26-11-13-29-60(53)63/h1-40,61H/b55-40-,61-56?. The van der Waals surface area contributed by atoms with Gasteiger partial charge < -0.3 is 9.98 Å². The van der Waals surface area contributed by atoms with E-state index in [9.17, 15) is 0 Å². The third-order valence-electron chi connectivity index (χ3n) is 12.1. The minimum absolute atomic E-state index is 0.476. The van der Waals surface area contributed by atoms with Gasteiger partial charge in [-0.25, -0.2) is 4.98 Å². The summed E-state index contributed by atoms with van der Waals surface area (Å²) in [6.07, 6.45) is 2.01. The van der Waals surface area contributed by atoms with Crippen molar-refractivity contribution in [2.24, 2.45) is 0 Å². The number of benzene rings is 9. The zero-order chi connectivity index (χ0) is 42.1. The zero-order valence-electron chi connectivity index (χ0n) is 34.5. The topological polar surface area (TPSA) is 41.7 Å². The van der Waals surface area contributed by atoms with Crippen molar-refractivity contribution in [3.8, 4) is 50.5 Å². The van der Waals surface area contributed by atoms with E-state index in [1.54, 1.807) is 0 Å². The van der Waals surface area contributed by atoms with Gasteiger partial charge in [-0.2, -0.15) is 0 Å². The number of hydrogen-bond acceptors (Lipinski definition) is 2. The highest BCUT2D eigenvalue weighted by Gasteiger charge is 2.16. The Morgan fingerprint density at radius 2 is 0.921 bits per heavy atom. The molecular formula is C60H41N3. The zero-order valence-corrected chi connectivity index (χ0v) is 34.5. The van der Waals surface area contributed by atoms with Crippen LogP contribution < -0.4 is 0 Å². The molecule has 3 nitrogen and oxygen atoms in total. The Hall–Kier alpha value is -8.40. The van der Waals surface area contributed by atoms with Crippen molar-refractivity contribution in [1.82, 2.24) is 9.55 Å². The smallest absolute Gasteiger partial charge is 0.0716 e. The number of aromatic nitrogens is 2. The molecule has 0 bridgehead atoms. The van der Waals surface area contributed by atoms with Crippen molar-refractivity contribution < 1.29 is 0 Å². The highest BCUT2D eigenvalue weighted by Crippen LogP contribution is 2.37. The molecule has 11 rings (SSSR count). The van der Waals surface area contributed by atoms with Gasteiger partial charge in [0.15, 0.2) is 0 Å². The van der Waals surface area contributed by atoms with Gasteiger partial charge in [-0.05, 0) is 104 Å². The van der Waals surface area contributed by atoms with Crippen molar-refractivity contribution in [1.29, 1.82) is 5.41 Å². The van der Waals surface area contributed by atoms with Crippen molar-refractivity contribution in [2.75, 3.05) is 0 Å². The maximum absolute atomic E-state index is 9.07. The van der Waals surface area contributed by atoms with Crippen LogP contribution in [0, 0.1) is 5.41 Å². The molecule has 296 valence electrons. The molecular weight excluding hydrogens is 763 g/mol. The number of para-hydroxylation sites is 2. The lowest BCUT2D eigenvalue weighted by atomic mass is 9.90. The van der Waals surface area contributed by atoms with E-state index >= 15 is 0 Å². The van der Waals surface area contributed by atoms with Crippen LogP contribution in [0.2, 0.25) is 0 Å². The van der Waals surface area contributed by atoms with Crippen LogP contribution in [-0.2, 0) is 0 Å². The molecule has 2 heterocycles. The highest BCUT2D eigenvalue weighted by molar-refractivity contribution is 6.14. The quantitative estimate of drug-likeness (QED) is 0.145. The van der Waals surface area contributed by atoms with Crippen LogP contribution in [0.4, 0.5) is 0 Å². The molecule has 0 aliphatic rings. The van der Waals surface area contributed by atoms with Crippen LogP contribution >= 0.6 is 0 Å². The molecule has 63 heavy (non-hydrogen) atoms. The van der Waals surface area contributed by atoms with Gasteiger partial charge >= 0.3 is 0 Å². The van der Waals surface area contributed by atoms with Crippen molar-refractivity contribution >= 4 is 43.9 Å². The Bertz CT molecular complexity index is 3440. The summed E-state index contributed by atoms with van der Waals surface area (Å²) in [5, 5.41) is 13.9. The summed E-state index contributed by atoms with van der Waals surface area (Å²) in [7, 11) is 0. The monoisotopic (exact) mass is 803 g/mol. The normalized spacial score (nSPS) is 11.7. The van der Waals surface area contributed by atoms with Gasteiger partial charge in [0.2, 0.25) is 0 Å². The second-order valence-corrected chi connectivity index (χ2v) is 15.9. The maximum Gasteiger partial charge on any atom is 0.0716 e. The second kappa shape index (κ2) is 16.2. The van der Waals surface area contributed by atoms with Crippen molar-refractivity contribution in [3.05, 3.63) is 259 Å². The van der Waals surface area contributed by atoms with Crippen LogP contribution in [0.15, 0.2) is 243 Å². The summed E-state index contributed by atoms with van der Waals surface area (Å²) in [5.41, 5.74) is 16.5. The molecule has 0 aliphatic carbocycles. The molecule has 0 aliphatic heterocycles. The number of allylic oxidation sites excluding steroid dienone is 1. The van der Waals surface area contributed by atoms with Crippen LogP contribution in [-0.4, -0.2) is 15.3 Å². The van der Waals surface area contributed by atoms with Gasteiger partial charge in [0.25, 0.3) is 0 Å². The predicted octanol–water partition coefficient (Wildman–Crippen LogP) is 15.5. The van der Waals surface area contributed by atoms with Gasteiger partial charge in [-0.3, -0.25) is 0 Å². The summed E-state index contributed by atoms with van der Waals surface area (Å²) >= 11 is 0. The lowest BCUT2D eigenvalue weighted by Crippen LogP contribution is -1.98. The largest absolute Gasteiger partial charge is 0.309 e. The first-order valence-electron chi connectivity index (χ1n) is 21.4. The van der Waals surface area contributed by atoms with E-state index in [0.717, 1.165) is 83.5 Å². The first-order valence-corrected chi connectivity index (χ1v) is 21.4. The third-order valence-corrected chi connectivity index (χ3v) is 12.1. The van der Waals surface area contributed by atoms with Crippen LogP contribution in [0.1, 0.15) is 16.7 Å². The second-order valence-electron chi connectivity index (χ2n) is 15.9. The fourth-order valence-corrected chi connectivity index (χ4v) is 8.93. The third kappa shape index (κ3) is 7.22. The van der Waals surface area contributed by atoms with Crippen molar-refractivity contribution in [3.63, 3.8) is 0 Å². The summed E-state index contributed by atoms with van der Waals surface area (Å²) < 4.78 is 2.36. The van der Waals surface area contributed by atoms with E-state index in [1.165, 1.54) is 21.8 Å². The predicted molar refractivity (Wildman–Crippen MR) is 265 cm³/mol. The van der Waals surface area contributed by atoms with Crippen LogP contribution in [0.5, 0.6) is 0 Å². The Morgan fingerprint density at radius 1 is 0.381 bits per heavy atom. The van der Waals surface area contributed by atoms with E-state index in [2.05, 4.69) is 199 Å². The fraction of sp³-hybridized carbons (Fsp3) is 0. The number of fused-ring (bicyclic) bond motifs is 4. The SMILES string of the molecule is N=C(/C=C(/c1ccccc1)c1cccc2ccc(-c3ccc(-c4cc(-c5ccccc5)nc(-c5cccc(-n6c7ccccc7c7ccccc76)c5)c4)cc3)cc12)c1ccccc1. The Kier molecular flexibility index (Phi) is 9.68. The van der Waals surface area contributed by atoms with Gasteiger partial charge in [0.05, 0.1) is 28.1 Å². The average molecular weight is 804 g/mol. The van der Waals surface area contributed by atoms with Crippen LogP contribution in [0.3, 0.4) is 0 Å². The number of hydrogen-bond donors (Lipinski definition) is 1. The highest BCUT2D eigenvalue weighted by atomic mass is 15.0. The maximum atomic E-state index is 9.07. The van der Waals surface area contributed by atoms with E-state index in [1.807, 2.05) is 48.5 Å². The molecule has 0 atom stereocenters. The summed E-state index contributed by atoms with van der Waals surface area (Å²) in [4.78, 5) is 5.29. The molecule has 0 unspecified atom stereocenters. The number of nitrogens with zero attached hydrogens (tertiary/aromatic N) is 2. The molecule has 0 fully saturated rings. The fourth-order valence-electron chi connectivity index (χ4n) is 8.93. The number of pyridine rings is 1. The lowest BCUT2D eigenvalue weighted by molar-refractivity contribution is 1.18. The van der Waals surface area contributed by atoms with E-state index in [-0.39, 0.29) is 0 Å². The van der Waals surface area contributed by atoms with Gasteiger partial charge in [-0.15, -0.1) is 0 Å². The molecule has 11 aromatic rings. The molecule has 2 aromatic heterocycles. The molecule has 9 aromatic carbocycles. The first-order chi connectivity index (χ1) is 31.1. The van der Waals surface area contributed by atoms with E-state index in [4.69, 9.17) is 10.4 Å². The molecule has 0 spiro atoms. The van der Waals surface area contributed by atoms with Gasteiger partial charge in [-0.1, -0.05) is 194 Å². The number of rotatable bonds is 9.